The molecule has 25 heteroatoms. The van der Waals surface area contributed by atoms with Gasteiger partial charge < -0.3 is 70.9 Å². The number of benzene rings is 1. The van der Waals surface area contributed by atoms with Crippen LogP contribution in [-0.2, 0) is 64.0 Å². The number of likely N-dealkylation sites (N-methyl/N-ethyl adjacent to an activating group) is 6. The van der Waals surface area contributed by atoms with Gasteiger partial charge in [-0.3, -0.25) is 47.9 Å². The molecule has 10 amide bonds. The van der Waals surface area contributed by atoms with Crippen molar-refractivity contribution in [3.63, 3.8) is 0 Å². The number of hydrogen-bond donors (Lipinski definition) is 7. The van der Waals surface area contributed by atoms with Gasteiger partial charge in [0, 0.05) is 48.8 Å². The molecule has 1 fully saturated rings. The van der Waals surface area contributed by atoms with Crippen molar-refractivity contribution in [3.05, 3.63) is 35.9 Å². The Kier molecular flexibility index (Phi) is 34.3. The highest BCUT2D eigenvalue weighted by Crippen LogP contribution is 2.25. The Bertz CT molecular complexity index is 2670. The van der Waals surface area contributed by atoms with Crippen LogP contribution in [0, 0.1) is 47.3 Å². The van der Waals surface area contributed by atoms with Crippen LogP contribution in [0.5, 0.6) is 0 Å². The third kappa shape index (κ3) is 24.8. The first-order chi connectivity index (χ1) is 43.6. The Hall–Kier alpha value is -6.73. The highest BCUT2D eigenvalue weighted by atomic mass is 16.6. The van der Waals surface area contributed by atoms with E-state index in [-0.39, 0.29) is 61.7 Å². The first kappa shape index (κ1) is 83.4. The molecule has 0 saturated carbocycles. The average molecular weight is 1330 g/mol. The fourth-order valence-corrected chi connectivity index (χ4v) is 11.7. The van der Waals surface area contributed by atoms with Gasteiger partial charge in [0.1, 0.15) is 54.4 Å². The molecule has 25 nitrogen and oxygen atoms in total. The van der Waals surface area contributed by atoms with Crippen LogP contribution in [0.15, 0.2) is 30.3 Å². The van der Waals surface area contributed by atoms with Crippen molar-refractivity contribution in [1.82, 2.24) is 56.0 Å². The molecule has 13 atom stereocenters. The van der Waals surface area contributed by atoms with Crippen molar-refractivity contribution in [2.45, 2.75) is 235 Å². The number of esters is 1. The predicted octanol–water partition coefficient (Wildman–Crippen LogP) is 3.56. The van der Waals surface area contributed by atoms with Gasteiger partial charge in [0.05, 0.1) is 18.8 Å². The Balaban J connectivity index is 3.02. The summed E-state index contributed by atoms with van der Waals surface area (Å²) in [5, 5.41) is 38.1. The van der Waals surface area contributed by atoms with Gasteiger partial charge in [-0.2, -0.15) is 0 Å². The Morgan fingerprint density at radius 1 is 0.489 bits per heavy atom. The molecule has 0 radical (unpaired) electrons. The maximum absolute atomic E-state index is 15.3. The van der Waals surface area contributed by atoms with Crippen LogP contribution in [0.4, 0.5) is 0 Å². The molecule has 2 rings (SSSR count). The monoisotopic (exact) mass is 1330 g/mol. The van der Waals surface area contributed by atoms with Crippen molar-refractivity contribution in [3.8, 4) is 0 Å². The second-order valence-electron chi connectivity index (χ2n) is 28.9. The number of ether oxygens (including phenoxy) is 1. The van der Waals surface area contributed by atoms with E-state index in [4.69, 9.17) is 4.74 Å². The molecule has 534 valence electrons. The van der Waals surface area contributed by atoms with Gasteiger partial charge in [-0.1, -0.05) is 134 Å². The highest BCUT2D eigenvalue weighted by molar-refractivity contribution is 5.99. The molecule has 0 aromatic heterocycles. The lowest BCUT2D eigenvalue weighted by atomic mass is 9.91. The van der Waals surface area contributed by atoms with Crippen molar-refractivity contribution < 1.29 is 67.7 Å². The van der Waals surface area contributed by atoms with Crippen LogP contribution in [0.1, 0.15) is 162 Å². The zero-order valence-corrected chi connectivity index (χ0v) is 60.8. The molecular weight excluding hydrogens is 1210 g/mol. The minimum absolute atomic E-state index is 0.0738. The summed E-state index contributed by atoms with van der Waals surface area (Å²) < 4.78 is 5.91. The number of aliphatic hydroxyl groups excluding tert-OH is 2. The van der Waals surface area contributed by atoms with Gasteiger partial charge in [0.25, 0.3) is 5.91 Å². The van der Waals surface area contributed by atoms with E-state index in [1.54, 1.807) is 34.6 Å². The maximum Gasteiger partial charge on any atom is 0.329 e. The van der Waals surface area contributed by atoms with Gasteiger partial charge in [-0.25, -0.2) is 4.79 Å². The normalized spacial score (nSPS) is 25.6. The van der Waals surface area contributed by atoms with E-state index in [9.17, 15) is 48.6 Å². The molecule has 0 bridgehead atoms. The zero-order valence-electron chi connectivity index (χ0n) is 60.8. The van der Waals surface area contributed by atoms with E-state index in [0.717, 1.165) is 20.3 Å². The van der Waals surface area contributed by atoms with E-state index >= 15 is 14.4 Å². The summed E-state index contributed by atoms with van der Waals surface area (Å²) in [6.07, 6.45) is -3.92. The van der Waals surface area contributed by atoms with E-state index in [1.165, 1.54) is 70.8 Å². The lowest BCUT2D eigenvalue weighted by Gasteiger charge is -2.40. The molecule has 7 N–H and O–H groups in total. The van der Waals surface area contributed by atoms with Crippen LogP contribution < -0.4 is 26.6 Å². The lowest BCUT2D eigenvalue weighted by molar-refractivity contribution is -0.166. The second kappa shape index (κ2) is 38.7. The number of cyclic esters (lactones) is 1. The first-order valence-corrected chi connectivity index (χ1v) is 33.7. The molecule has 1 aliphatic heterocycles. The zero-order chi connectivity index (χ0) is 72.1. The molecule has 1 heterocycles. The van der Waals surface area contributed by atoms with Crippen molar-refractivity contribution >= 4 is 65.0 Å². The summed E-state index contributed by atoms with van der Waals surface area (Å²) >= 11 is 0. The average Bonchev–Trinajstić information content (AvgIpc) is 0.811. The number of hydrogen-bond acceptors (Lipinski definition) is 15. The van der Waals surface area contributed by atoms with Crippen LogP contribution >= 0.6 is 0 Å². The smallest absolute Gasteiger partial charge is 0.329 e. The summed E-state index contributed by atoms with van der Waals surface area (Å²) in [6.45, 7) is 29.6. The minimum atomic E-state index is -1.77. The lowest BCUT2D eigenvalue weighted by Crippen LogP contribution is -2.64. The van der Waals surface area contributed by atoms with Crippen LogP contribution in [0.2, 0.25) is 0 Å². The predicted molar refractivity (Wildman–Crippen MR) is 360 cm³/mol. The van der Waals surface area contributed by atoms with Gasteiger partial charge in [0.2, 0.25) is 53.2 Å². The number of carbonyl (C=O) groups excluding carboxylic acids is 11. The Labute approximate surface area is 560 Å². The van der Waals surface area contributed by atoms with E-state index in [1.807, 2.05) is 99.6 Å². The molecule has 1 saturated heterocycles. The number of rotatable bonds is 20. The molecule has 1 aromatic rings. The molecular formula is C69H119N11O14. The number of carbonyl (C=O) groups is 11. The number of aliphatic hydroxyl groups is 2. The number of amides is 10. The Morgan fingerprint density at radius 3 is 1.35 bits per heavy atom. The molecule has 94 heavy (non-hydrogen) atoms. The summed E-state index contributed by atoms with van der Waals surface area (Å²) in [5.74, 6) is -11.7. The number of nitrogens with one attached hydrogen (secondary N) is 5. The Morgan fingerprint density at radius 2 is 0.915 bits per heavy atom. The molecule has 0 spiro atoms. The van der Waals surface area contributed by atoms with Crippen LogP contribution in [-0.4, -0.2) is 233 Å². The van der Waals surface area contributed by atoms with Gasteiger partial charge in [0.15, 0.2) is 6.10 Å². The second-order valence-corrected chi connectivity index (χ2v) is 28.9. The van der Waals surface area contributed by atoms with Crippen LogP contribution in [0.3, 0.4) is 0 Å². The van der Waals surface area contributed by atoms with Crippen molar-refractivity contribution in [1.29, 1.82) is 0 Å². The topological polar surface area (TPSA) is 317 Å². The maximum atomic E-state index is 15.3. The third-order valence-electron chi connectivity index (χ3n) is 17.3. The quantitative estimate of drug-likeness (QED) is 0.0725. The van der Waals surface area contributed by atoms with Crippen LogP contribution in [0.25, 0.3) is 0 Å². The van der Waals surface area contributed by atoms with E-state index in [2.05, 4.69) is 26.6 Å². The molecule has 1 aliphatic rings. The van der Waals surface area contributed by atoms with Gasteiger partial charge >= 0.3 is 5.97 Å². The molecule has 0 aliphatic carbocycles. The summed E-state index contributed by atoms with van der Waals surface area (Å²) in [4.78, 5) is 169. The van der Waals surface area contributed by atoms with E-state index < -0.39 is 162 Å². The standard InChI is InChI=1S/C69H119N11O14/c1-38(2)31-49-64(88)77(20)52(34-41(7)8)60(84)71-46(16)69(93)94-59(44(13)14)68(92)78(21)53(35-42(9)10)62(86)73-50(32-39(3)4)65(89)79(22)56(43(11)12)67(91)80(23)57(58(83)45(15)29-30-70-36-48-27-25-24-26-28-48)63(87)74-55(47(17)81)66(90)75(18)37-54(82)76(19)51(33-40(5)6)61(85)72-49/h24-28,38-47,49-53,55-59,70,81,83H,29-37H2,1-23H3,(H,71,84)(H,72,85)(H,73,86)(H,74,87)/t45-,46+,47-,49+,50-,51+,52+,53+,55+,56+,57+,58-,59-/m1/s1. The minimum Gasteiger partial charge on any atom is -0.450 e. The highest BCUT2D eigenvalue weighted by Gasteiger charge is 2.46. The van der Waals surface area contributed by atoms with Crippen molar-refractivity contribution in [2.24, 2.45) is 47.3 Å². The van der Waals surface area contributed by atoms with E-state index in [0.29, 0.717) is 19.5 Å². The molecule has 1 aromatic carbocycles. The van der Waals surface area contributed by atoms with Gasteiger partial charge in [-0.15, -0.1) is 0 Å². The third-order valence-corrected chi connectivity index (χ3v) is 17.3. The summed E-state index contributed by atoms with van der Waals surface area (Å²) in [5.41, 5.74) is 1.01. The fourth-order valence-electron chi connectivity index (χ4n) is 11.7. The fraction of sp³-hybridized carbons (Fsp3) is 0.754. The van der Waals surface area contributed by atoms with Gasteiger partial charge in [-0.05, 0) is 112 Å². The molecule has 0 unspecified atom stereocenters. The number of nitrogens with zero attached hydrogens (tertiary/aromatic N) is 6. The first-order valence-electron chi connectivity index (χ1n) is 33.7. The largest absolute Gasteiger partial charge is 0.450 e. The summed E-state index contributed by atoms with van der Waals surface area (Å²) in [7, 11) is 8.15. The SMILES string of the molecule is CC(C)C[C@@H]1NC(=O)[C@H](CC(C)C)N(C)C(=O)CN(C)C(=O)[C@H]([C@@H](C)O)NC(=O)[C@H]([C@H](O)[C@H](C)CCNCc2ccccc2)N(C)C(=O)[C@H](C(C)C)N(C)C(=O)[C@@H](CC(C)C)NC(=O)[C@H](CC(C)C)N(C)C(=O)[C@@H](C(C)C)OC(=O)[C@H](C)NC(=O)[C@H](CC(C)C)N(C)C1=O. The van der Waals surface area contributed by atoms with Crippen molar-refractivity contribution in [2.75, 3.05) is 55.4 Å². The summed E-state index contributed by atoms with van der Waals surface area (Å²) in [6, 6.07) is -2.74.